The number of hydrogen-bond acceptors (Lipinski definition) is 5. The van der Waals surface area contributed by atoms with Gasteiger partial charge in [0.2, 0.25) is 0 Å². The normalized spacial score (nSPS) is 18.8. The fraction of sp³-hybridized carbons (Fsp3) is 0.438. The summed E-state index contributed by atoms with van der Waals surface area (Å²) in [7, 11) is 0. The Labute approximate surface area is 141 Å². The highest BCUT2D eigenvalue weighted by atomic mass is 19.4. The third kappa shape index (κ3) is 4.56. The minimum Gasteiger partial charge on any atom is -0.379 e. The molecule has 0 aromatic carbocycles. The van der Waals surface area contributed by atoms with Crippen molar-refractivity contribution in [3.63, 3.8) is 0 Å². The minimum atomic E-state index is -4.40. The molecule has 1 saturated heterocycles. The molecule has 2 aromatic rings. The molecule has 0 radical (unpaired) electrons. The summed E-state index contributed by atoms with van der Waals surface area (Å²) in [6.45, 7) is 2.05. The molecule has 0 amide bonds. The van der Waals surface area contributed by atoms with Crippen molar-refractivity contribution in [2.75, 3.05) is 31.2 Å². The SMILES string of the molecule is O=c1cc(CC2COCCN(c3ccc(C(F)(F)F)cn3)C2)nc[nH]1. The van der Waals surface area contributed by atoms with Crippen molar-refractivity contribution < 1.29 is 17.9 Å². The van der Waals surface area contributed by atoms with Crippen LogP contribution in [0.1, 0.15) is 11.3 Å². The summed E-state index contributed by atoms with van der Waals surface area (Å²) in [5, 5.41) is 0. The largest absolute Gasteiger partial charge is 0.417 e. The number of hydrogen-bond donors (Lipinski definition) is 1. The number of H-pyrrole nitrogens is 1. The Balaban J connectivity index is 1.72. The van der Waals surface area contributed by atoms with E-state index in [0.717, 1.165) is 12.3 Å². The first-order valence-electron chi connectivity index (χ1n) is 7.81. The standard InChI is InChI=1S/C16H17F3N4O2/c17-16(18,19)12-1-2-14(20-7-12)23-3-4-25-9-11(8-23)5-13-6-15(24)22-10-21-13/h1-2,6-7,10-11H,3-5,8-9H2,(H,21,22,24). The lowest BCUT2D eigenvalue weighted by molar-refractivity contribution is -0.137. The molecular weight excluding hydrogens is 337 g/mol. The molecule has 1 aliphatic heterocycles. The fourth-order valence-electron chi connectivity index (χ4n) is 2.77. The highest BCUT2D eigenvalue weighted by Gasteiger charge is 2.31. The van der Waals surface area contributed by atoms with Crippen molar-refractivity contribution in [1.29, 1.82) is 0 Å². The first-order valence-corrected chi connectivity index (χ1v) is 7.81. The molecule has 3 rings (SSSR count). The van der Waals surface area contributed by atoms with E-state index in [2.05, 4.69) is 15.0 Å². The Hall–Kier alpha value is -2.42. The Bertz CT molecular complexity index is 761. The zero-order valence-corrected chi connectivity index (χ0v) is 13.3. The lowest BCUT2D eigenvalue weighted by Crippen LogP contribution is -2.31. The number of nitrogens with one attached hydrogen (secondary N) is 1. The van der Waals surface area contributed by atoms with Crippen LogP contribution in [0, 0.1) is 5.92 Å². The number of alkyl halides is 3. The Morgan fingerprint density at radius 1 is 1.32 bits per heavy atom. The number of pyridine rings is 1. The lowest BCUT2D eigenvalue weighted by atomic mass is 10.0. The first-order chi connectivity index (χ1) is 11.9. The zero-order chi connectivity index (χ0) is 17.9. The summed E-state index contributed by atoms with van der Waals surface area (Å²) in [6, 6.07) is 3.84. The van der Waals surface area contributed by atoms with Gasteiger partial charge >= 0.3 is 6.18 Å². The van der Waals surface area contributed by atoms with Crippen LogP contribution in [-0.2, 0) is 17.3 Å². The van der Waals surface area contributed by atoms with Crippen molar-refractivity contribution in [3.05, 3.63) is 52.3 Å². The maximum Gasteiger partial charge on any atom is 0.417 e. The molecule has 1 unspecified atom stereocenters. The second kappa shape index (κ2) is 7.22. The van der Waals surface area contributed by atoms with Crippen LogP contribution >= 0.6 is 0 Å². The van der Waals surface area contributed by atoms with Crippen LogP contribution < -0.4 is 10.5 Å². The number of aromatic amines is 1. The average molecular weight is 354 g/mol. The summed E-state index contributed by atoms with van der Waals surface area (Å²) in [5.41, 5.74) is -0.341. The summed E-state index contributed by atoms with van der Waals surface area (Å²) in [4.78, 5) is 23.8. The Morgan fingerprint density at radius 3 is 2.84 bits per heavy atom. The van der Waals surface area contributed by atoms with Crippen molar-refractivity contribution in [2.45, 2.75) is 12.6 Å². The highest BCUT2D eigenvalue weighted by molar-refractivity contribution is 5.40. The second-order valence-corrected chi connectivity index (χ2v) is 5.90. The van der Waals surface area contributed by atoms with Crippen LogP contribution in [-0.4, -0.2) is 41.3 Å². The van der Waals surface area contributed by atoms with Crippen molar-refractivity contribution in [2.24, 2.45) is 5.92 Å². The van der Waals surface area contributed by atoms with Crippen LogP contribution in [0.15, 0.2) is 35.5 Å². The predicted octanol–water partition coefficient (Wildman–Crippen LogP) is 1.88. The van der Waals surface area contributed by atoms with E-state index in [4.69, 9.17) is 4.74 Å². The first kappa shape index (κ1) is 17.4. The molecule has 0 saturated carbocycles. The number of nitrogens with zero attached hydrogens (tertiary/aromatic N) is 3. The van der Waals surface area contributed by atoms with Crippen LogP contribution in [0.3, 0.4) is 0 Å². The van der Waals surface area contributed by atoms with Gasteiger partial charge in [-0.05, 0) is 18.6 Å². The fourth-order valence-corrected chi connectivity index (χ4v) is 2.77. The summed E-state index contributed by atoms with van der Waals surface area (Å²) in [5.74, 6) is 0.531. The van der Waals surface area contributed by atoms with Crippen LogP contribution in [0.25, 0.3) is 0 Å². The Kier molecular flexibility index (Phi) is 5.03. The van der Waals surface area contributed by atoms with Crippen molar-refractivity contribution >= 4 is 5.82 Å². The monoisotopic (exact) mass is 354 g/mol. The molecule has 0 spiro atoms. The molecule has 1 aliphatic rings. The van der Waals surface area contributed by atoms with E-state index < -0.39 is 11.7 Å². The third-order valence-electron chi connectivity index (χ3n) is 3.97. The number of halogens is 3. The molecular formula is C16H17F3N4O2. The number of rotatable bonds is 3. The maximum atomic E-state index is 12.7. The van der Waals surface area contributed by atoms with Gasteiger partial charge in [0.25, 0.3) is 5.56 Å². The van der Waals surface area contributed by atoms with Gasteiger partial charge in [0.1, 0.15) is 5.82 Å². The van der Waals surface area contributed by atoms with Gasteiger partial charge in [-0.2, -0.15) is 13.2 Å². The average Bonchev–Trinajstić information content (AvgIpc) is 2.80. The summed E-state index contributed by atoms with van der Waals surface area (Å²) >= 11 is 0. The van der Waals surface area contributed by atoms with Gasteiger partial charge in [-0.3, -0.25) is 4.79 Å². The van der Waals surface area contributed by atoms with E-state index in [9.17, 15) is 18.0 Å². The summed E-state index contributed by atoms with van der Waals surface area (Å²) in [6.07, 6.45) is -1.66. The van der Waals surface area contributed by atoms with Gasteiger partial charge in [-0.15, -0.1) is 0 Å². The van der Waals surface area contributed by atoms with E-state index in [1.165, 1.54) is 18.5 Å². The molecule has 1 N–H and O–H groups in total. The van der Waals surface area contributed by atoms with Crippen molar-refractivity contribution in [1.82, 2.24) is 15.0 Å². The molecule has 3 heterocycles. The molecule has 134 valence electrons. The number of aromatic nitrogens is 3. The molecule has 9 heteroatoms. The second-order valence-electron chi connectivity index (χ2n) is 5.90. The summed E-state index contributed by atoms with van der Waals surface area (Å²) < 4.78 is 43.5. The Morgan fingerprint density at radius 2 is 2.16 bits per heavy atom. The molecule has 1 atom stereocenters. The van der Waals surface area contributed by atoms with Crippen molar-refractivity contribution in [3.8, 4) is 0 Å². The molecule has 0 aliphatic carbocycles. The van der Waals surface area contributed by atoms with Gasteiger partial charge in [0, 0.05) is 37.0 Å². The topological polar surface area (TPSA) is 71.1 Å². The van der Waals surface area contributed by atoms with Gasteiger partial charge in [0.15, 0.2) is 0 Å². The molecule has 1 fully saturated rings. The van der Waals surface area contributed by atoms with Crippen LogP contribution in [0.5, 0.6) is 0 Å². The predicted molar refractivity (Wildman–Crippen MR) is 84.3 cm³/mol. The van der Waals surface area contributed by atoms with E-state index in [-0.39, 0.29) is 11.5 Å². The third-order valence-corrected chi connectivity index (χ3v) is 3.97. The van der Waals surface area contributed by atoms with E-state index in [0.29, 0.717) is 44.2 Å². The quantitative estimate of drug-likeness (QED) is 0.911. The van der Waals surface area contributed by atoms with Gasteiger partial charge in [0.05, 0.1) is 25.1 Å². The van der Waals surface area contributed by atoms with E-state index in [1.807, 2.05) is 4.90 Å². The zero-order valence-electron chi connectivity index (χ0n) is 13.3. The van der Waals surface area contributed by atoms with Gasteiger partial charge in [-0.1, -0.05) is 0 Å². The van der Waals surface area contributed by atoms with Crippen LogP contribution in [0.4, 0.5) is 19.0 Å². The molecule has 2 aromatic heterocycles. The van der Waals surface area contributed by atoms with Gasteiger partial charge in [-0.25, -0.2) is 9.97 Å². The maximum absolute atomic E-state index is 12.7. The molecule has 25 heavy (non-hydrogen) atoms. The van der Waals surface area contributed by atoms with E-state index >= 15 is 0 Å². The minimum absolute atomic E-state index is 0.0564. The van der Waals surface area contributed by atoms with E-state index in [1.54, 1.807) is 0 Å². The number of ether oxygens (including phenoxy) is 1. The highest BCUT2D eigenvalue weighted by Crippen LogP contribution is 2.29. The smallest absolute Gasteiger partial charge is 0.379 e. The molecule has 6 nitrogen and oxygen atoms in total. The van der Waals surface area contributed by atoms with Gasteiger partial charge < -0.3 is 14.6 Å². The lowest BCUT2D eigenvalue weighted by Gasteiger charge is -2.24. The number of anilines is 1. The van der Waals surface area contributed by atoms with Crippen LogP contribution in [0.2, 0.25) is 0 Å². The molecule has 0 bridgehead atoms.